The fraction of sp³-hybridized carbons (Fsp3) is 0.350. The monoisotopic (exact) mass is 406 g/mol. The van der Waals surface area contributed by atoms with E-state index in [-0.39, 0.29) is 23.8 Å². The quantitative estimate of drug-likeness (QED) is 0.715. The zero-order valence-corrected chi connectivity index (χ0v) is 16.9. The maximum Gasteiger partial charge on any atom is 0.243 e. The molecule has 0 aromatic heterocycles. The number of sulfonamides is 1. The van der Waals surface area contributed by atoms with Gasteiger partial charge in [-0.25, -0.2) is 12.8 Å². The molecular weight excluding hydrogens is 383 g/mol. The number of carbonyl (C=O) groups is 1. The van der Waals surface area contributed by atoms with Gasteiger partial charge in [0, 0.05) is 31.7 Å². The van der Waals surface area contributed by atoms with Crippen LogP contribution in [0.25, 0.3) is 0 Å². The highest BCUT2D eigenvalue weighted by Gasteiger charge is 2.30. The summed E-state index contributed by atoms with van der Waals surface area (Å²) in [5.41, 5.74) is 1.31. The summed E-state index contributed by atoms with van der Waals surface area (Å²) in [7, 11) is -2.11. The fourth-order valence-corrected chi connectivity index (χ4v) is 4.96. The fourth-order valence-electron chi connectivity index (χ4n) is 3.33. The highest BCUT2D eigenvalue weighted by atomic mass is 32.2. The van der Waals surface area contributed by atoms with E-state index in [9.17, 15) is 17.6 Å². The lowest BCUT2D eigenvalue weighted by Gasteiger charge is -2.35. The molecule has 0 spiro atoms. The molecule has 2 aromatic carbocycles. The first kappa shape index (κ1) is 20.3. The first-order valence-electron chi connectivity index (χ1n) is 8.94. The van der Waals surface area contributed by atoms with Crippen LogP contribution >= 0.6 is 0 Å². The summed E-state index contributed by atoms with van der Waals surface area (Å²) in [6.45, 7) is 4.36. The largest absolute Gasteiger partial charge is 0.497 e. The zero-order valence-electron chi connectivity index (χ0n) is 16.1. The molecule has 0 N–H and O–H groups in total. The van der Waals surface area contributed by atoms with Gasteiger partial charge < -0.3 is 9.64 Å². The molecule has 0 aliphatic carbocycles. The SMILES string of the molecule is COc1ccc(S(=O)(=O)N2CCN(c3ccc(C(C)=O)cc3F)CC2)c(C)c1. The molecule has 0 unspecified atom stereocenters. The number of nitrogens with zero attached hydrogens (tertiary/aromatic N) is 2. The van der Waals surface area contributed by atoms with E-state index in [0.717, 1.165) is 0 Å². The lowest BCUT2D eigenvalue weighted by atomic mass is 10.1. The lowest BCUT2D eigenvalue weighted by Crippen LogP contribution is -2.49. The van der Waals surface area contributed by atoms with Gasteiger partial charge in [0.2, 0.25) is 10.0 Å². The number of carbonyl (C=O) groups excluding carboxylic acids is 1. The number of rotatable bonds is 5. The lowest BCUT2D eigenvalue weighted by molar-refractivity contribution is 0.101. The highest BCUT2D eigenvalue weighted by Crippen LogP contribution is 2.27. The van der Waals surface area contributed by atoms with Crippen LogP contribution < -0.4 is 9.64 Å². The summed E-state index contributed by atoms with van der Waals surface area (Å²) in [5.74, 6) is -0.0722. The van der Waals surface area contributed by atoms with Crippen molar-refractivity contribution < 1.29 is 22.3 Å². The van der Waals surface area contributed by atoms with Crippen molar-refractivity contribution in [3.8, 4) is 5.75 Å². The Morgan fingerprint density at radius 3 is 2.29 bits per heavy atom. The Bertz CT molecular complexity index is 999. The second-order valence-electron chi connectivity index (χ2n) is 6.74. The van der Waals surface area contributed by atoms with Gasteiger partial charge in [-0.15, -0.1) is 0 Å². The average Bonchev–Trinajstić information content (AvgIpc) is 2.67. The minimum atomic E-state index is -3.64. The number of piperazine rings is 1. The van der Waals surface area contributed by atoms with E-state index in [2.05, 4.69) is 0 Å². The standard InChI is InChI=1S/C20H23FN2O4S/c1-14-12-17(27-3)5-7-20(14)28(25,26)23-10-8-22(9-11-23)19-6-4-16(15(2)24)13-18(19)21/h4-7,12-13H,8-11H2,1-3H3. The molecule has 3 rings (SSSR count). The Labute approximate surface area is 164 Å². The molecule has 1 heterocycles. The van der Waals surface area contributed by atoms with Crippen molar-refractivity contribution >= 4 is 21.5 Å². The van der Waals surface area contributed by atoms with Crippen LogP contribution in [-0.4, -0.2) is 51.8 Å². The number of Topliss-reactive ketones (excluding diaryl/α,β-unsaturated/α-hetero) is 1. The Morgan fingerprint density at radius 2 is 1.75 bits per heavy atom. The molecule has 8 heteroatoms. The number of ether oxygens (including phenoxy) is 1. The van der Waals surface area contributed by atoms with Crippen LogP contribution in [0.1, 0.15) is 22.8 Å². The smallest absolute Gasteiger partial charge is 0.243 e. The number of methoxy groups -OCH3 is 1. The van der Waals surface area contributed by atoms with Crippen LogP contribution in [0.2, 0.25) is 0 Å². The number of aryl methyl sites for hydroxylation is 1. The Hall–Kier alpha value is -2.45. The molecule has 0 amide bonds. The Kier molecular flexibility index (Phi) is 5.71. The third kappa shape index (κ3) is 3.88. The van der Waals surface area contributed by atoms with Crippen LogP contribution in [0.4, 0.5) is 10.1 Å². The van der Waals surface area contributed by atoms with Crippen molar-refractivity contribution in [1.29, 1.82) is 0 Å². The minimum Gasteiger partial charge on any atom is -0.497 e. The van der Waals surface area contributed by atoms with Gasteiger partial charge in [0.15, 0.2) is 5.78 Å². The molecule has 1 saturated heterocycles. The van der Waals surface area contributed by atoms with E-state index < -0.39 is 15.8 Å². The van der Waals surface area contributed by atoms with Crippen molar-refractivity contribution in [3.05, 3.63) is 53.3 Å². The molecular formula is C20H23FN2O4S. The van der Waals surface area contributed by atoms with Gasteiger partial charge in [0.25, 0.3) is 0 Å². The molecule has 1 fully saturated rings. The second kappa shape index (κ2) is 7.89. The Morgan fingerprint density at radius 1 is 1.07 bits per heavy atom. The van der Waals surface area contributed by atoms with Gasteiger partial charge in [-0.1, -0.05) is 0 Å². The normalized spacial score (nSPS) is 15.5. The number of halogens is 1. The molecule has 1 aliphatic heterocycles. The minimum absolute atomic E-state index is 0.198. The molecule has 0 saturated carbocycles. The van der Waals surface area contributed by atoms with E-state index in [0.29, 0.717) is 35.7 Å². The Balaban J connectivity index is 1.75. The van der Waals surface area contributed by atoms with E-state index >= 15 is 0 Å². The summed E-state index contributed by atoms with van der Waals surface area (Å²) < 4.78 is 46.9. The zero-order chi connectivity index (χ0) is 20.5. The molecule has 2 aromatic rings. The number of hydrogen-bond donors (Lipinski definition) is 0. The van der Waals surface area contributed by atoms with E-state index in [4.69, 9.17) is 4.74 Å². The third-order valence-corrected chi connectivity index (χ3v) is 6.99. The number of ketones is 1. The van der Waals surface area contributed by atoms with Crippen LogP contribution in [0.15, 0.2) is 41.3 Å². The van der Waals surface area contributed by atoms with Gasteiger partial charge in [-0.3, -0.25) is 4.79 Å². The first-order chi connectivity index (χ1) is 13.2. The van der Waals surface area contributed by atoms with Crippen LogP contribution in [0, 0.1) is 12.7 Å². The summed E-state index contributed by atoms with van der Waals surface area (Å²) >= 11 is 0. The molecule has 0 atom stereocenters. The van der Waals surface area contributed by atoms with Crippen molar-refractivity contribution in [2.45, 2.75) is 18.7 Å². The summed E-state index contributed by atoms with van der Waals surface area (Å²) in [5, 5.41) is 0. The van der Waals surface area contributed by atoms with Crippen molar-refractivity contribution in [2.75, 3.05) is 38.2 Å². The topological polar surface area (TPSA) is 66.9 Å². The number of hydrogen-bond acceptors (Lipinski definition) is 5. The number of benzene rings is 2. The average molecular weight is 406 g/mol. The maximum atomic E-state index is 14.4. The van der Waals surface area contributed by atoms with E-state index in [1.807, 2.05) is 0 Å². The maximum absolute atomic E-state index is 14.4. The van der Waals surface area contributed by atoms with Gasteiger partial charge in [0.05, 0.1) is 17.7 Å². The molecule has 0 bridgehead atoms. The third-order valence-electron chi connectivity index (χ3n) is 4.93. The molecule has 28 heavy (non-hydrogen) atoms. The van der Waals surface area contributed by atoms with E-state index in [1.165, 1.54) is 24.4 Å². The van der Waals surface area contributed by atoms with Gasteiger partial charge in [-0.05, 0) is 55.8 Å². The molecule has 6 nitrogen and oxygen atoms in total. The number of anilines is 1. The molecule has 1 aliphatic rings. The van der Waals surface area contributed by atoms with E-state index in [1.54, 1.807) is 42.2 Å². The summed E-state index contributed by atoms with van der Waals surface area (Å²) in [6.07, 6.45) is 0. The van der Waals surface area contributed by atoms with Crippen LogP contribution in [0.3, 0.4) is 0 Å². The van der Waals surface area contributed by atoms with Crippen molar-refractivity contribution in [1.82, 2.24) is 4.31 Å². The molecule has 0 radical (unpaired) electrons. The summed E-state index contributed by atoms with van der Waals surface area (Å²) in [4.78, 5) is 13.4. The second-order valence-corrected chi connectivity index (χ2v) is 8.65. The van der Waals surface area contributed by atoms with Crippen molar-refractivity contribution in [2.24, 2.45) is 0 Å². The predicted octanol–water partition coefficient (Wildman–Crippen LogP) is 2.86. The van der Waals surface area contributed by atoms with Gasteiger partial charge in [-0.2, -0.15) is 4.31 Å². The molecule has 150 valence electrons. The first-order valence-corrected chi connectivity index (χ1v) is 10.4. The van der Waals surface area contributed by atoms with Crippen molar-refractivity contribution in [3.63, 3.8) is 0 Å². The predicted molar refractivity (Wildman–Crippen MR) is 105 cm³/mol. The van der Waals surface area contributed by atoms with Gasteiger partial charge >= 0.3 is 0 Å². The van der Waals surface area contributed by atoms with Crippen LogP contribution in [0.5, 0.6) is 5.75 Å². The highest BCUT2D eigenvalue weighted by molar-refractivity contribution is 7.89. The van der Waals surface area contributed by atoms with Crippen LogP contribution in [-0.2, 0) is 10.0 Å². The van der Waals surface area contributed by atoms with Gasteiger partial charge in [0.1, 0.15) is 11.6 Å². The summed E-state index contributed by atoms with van der Waals surface area (Å²) in [6, 6.07) is 9.25.